The van der Waals surface area contributed by atoms with Gasteiger partial charge in [0.05, 0.1) is 40.1 Å². The van der Waals surface area contributed by atoms with E-state index in [0.717, 1.165) is 33.1 Å². The molecule has 1 atom stereocenters. The number of anilines is 1. The summed E-state index contributed by atoms with van der Waals surface area (Å²) in [7, 11) is 1.76. The molecule has 0 saturated carbocycles. The first kappa shape index (κ1) is 21.5. The fraction of sp³-hybridized carbons (Fsp3) is 0.0833. The minimum atomic E-state index is -2.44. The molecule has 0 bridgehead atoms. The van der Waals surface area contributed by atoms with E-state index in [1.165, 1.54) is 0 Å². The van der Waals surface area contributed by atoms with E-state index in [9.17, 15) is 14.0 Å². The second-order valence-electron chi connectivity index (χ2n) is 7.83. The fourth-order valence-electron chi connectivity index (χ4n) is 4.08. The lowest BCUT2D eigenvalue weighted by molar-refractivity contribution is 0.563. The molecule has 2 aromatic carbocycles. The minimum Gasteiger partial charge on any atom is -0.384 e. The Hall–Kier alpha value is -4.33. The quantitative estimate of drug-likeness (QED) is 0.389. The van der Waals surface area contributed by atoms with Crippen molar-refractivity contribution in [1.82, 2.24) is 19.1 Å². The van der Waals surface area contributed by atoms with Crippen LogP contribution in [0.2, 0.25) is 0 Å². The summed E-state index contributed by atoms with van der Waals surface area (Å²) in [5, 5.41) is 10.3. The molecule has 168 valence electrons. The molecule has 0 spiro atoms. The van der Waals surface area contributed by atoms with E-state index in [0.29, 0.717) is 22.6 Å². The number of nitriles is 1. The molecule has 0 aliphatic carbocycles. The number of rotatable bonds is 3. The van der Waals surface area contributed by atoms with Crippen molar-refractivity contribution >= 4 is 39.0 Å². The van der Waals surface area contributed by atoms with Gasteiger partial charge in [0.25, 0.3) is 11.3 Å². The summed E-state index contributed by atoms with van der Waals surface area (Å²) in [4.78, 5) is 8.79. The highest BCUT2D eigenvalue weighted by Gasteiger charge is 2.18. The maximum Gasteiger partial charge on any atom is 0.285 e. The zero-order valence-corrected chi connectivity index (χ0v) is 19.1. The molecule has 3 N–H and O–H groups in total. The summed E-state index contributed by atoms with van der Waals surface area (Å²) < 4.78 is 28.9. The van der Waals surface area contributed by atoms with Crippen LogP contribution >= 0.6 is 0 Å². The summed E-state index contributed by atoms with van der Waals surface area (Å²) in [5.74, 6) is 0.436. The van der Waals surface area contributed by atoms with Crippen molar-refractivity contribution in [1.29, 1.82) is 5.26 Å². The highest BCUT2D eigenvalue weighted by atomic mass is 32.2. The summed E-state index contributed by atoms with van der Waals surface area (Å²) in [5.41, 5.74) is 12.0. The molecule has 0 amide bonds. The third kappa shape index (κ3) is 3.53. The van der Waals surface area contributed by atoms with Gasteiger partial charge in [-0.25, -0.2) is 9.19 Å². The van der Waals surface area contributed by atoms with Gasteiger partial charge in [-0.05, 0) is 54.4 Å². The van der Waals surface area contributed by atoms with E-state index in [-0.39, 0.29) is 5.62 Å². The lowest BCUT2D eigenvalue weighted by Crippen LogP contribution is -2.24. The SMILES string of the molecule is Cc1ccc(C#N)cc1-n1c(=NS(=O)O)n(C)c2cnc3ccc(-c4ccc(N)nc4)cc3c21. The summed E-state index contributed by atoms with van der Waals surface area (Å²) in [6, 6.07) is 17.0. The predicted octanol–water partition coefficient (Wildman–Crippen LogP) is 3.38. The van der Waals surface area contributed by atoms with Gasteiger partial charge in [-0.3, -0.25) is 14.1 Å². The number of aryl methyl sites for hydroxylation is 2. The second kappa shape index (κ2) is 8.22. The molecule has 0 radical (unpaired) electrons. The monoisotopic (exact) mass is 469 g/mol. The minimum absolute atomic E-state index is 0.253. The van der Waals surface area contributed by atoms with Crippen LogP contribution in [0.5, 0.6) is 0 Å². The lowest BCUT2D eigenvalue weighted by Gasteiger charge is -2.11. The Labute approximate surface area is 196 Å². The standard InChI is InChI=1S/C24H19N7O2S/c1-14-3-4-15(11-25)9-20(14)31-23-18-10-16(17-6-8-22(26)28-12-17)5-7-19(18)27-13-21(23)30(2)24(31)29-34(32)33/h3-10,12-13H,1-2H3,(H2,26,28)(H,32,33). The van der Waals surface area contributed by atoms with Gasteiger partial charge in [0.2, 0.25) is 5.62 Å². The van der Waals surface area contributed by atoms with Crippen LogP contribution in [-0.4, -0.2) is 27.9 Å². The first-order chi connectivity index (χ1) is 16.4. The molecule has 0 aliphatic heterocycles. The van der Waals surface area contributed by atoms with E-state index in [1.807, 2.05) is 37.3 Å². The molecule has 5 aromatic rings. The molecule has 0 fully saturated rings. The van der Waals surface area contributed by atoms with E-state index >= 15 is 0 Å². The molecule has 1 unspecified atom stereocenters. The number of nitrogen functional groups attached to an aromatic ring is 1. The predicted molar refractivity (Wildman–Crippen MR) is 131 cm³/mol. The molecular weight excluding hydrogens is 450 g/mol. The van der Waals surface area contributed by atoms with Crippen molar-refractivity contribution in [3.05, 3.63) is 77.7 Å². The van der Waals surface area contributed by atoms with Crippen LogP contribution < -0.4 is 11.4 Å². The van der Waals surface area contributed by atoms with Gasteiger partial charge in [0.15, 0.2) is 0 Å². The molecule has 0 aliphatic rings. The fourth-order valence-corrected chi connectivity index (χ4v) is 4.43. The molecular formula is C24H19N7O2S. The van der Waals surface area contributed by atoms with Crippen molar-refractivity contribution in [3.63, 3.8) is 0 Å². The number of hydrogen-bond donors (Lipinski definition) is 2. The van der Waals surface area contributed by atoms with Gasteiger partial charge in [0, 0.05) is 24.2 Å². The molecule has 0 saturated heterocycles. The van der Waals surface area contributed by atoms with Crippen LogP contribution in [-0.2, 0) is 18.3 Å². The molecule has 3 aromatic heterocycles. The third-order valence-electron chi connectivity index (χ3n) is 5.76. The van der Waals surface area contributed by atoms with Gasteiger partial charge in [-0.2, -0.15) is 5.26 Å². The highest BCUT2D eigenvalue weighted by Crippen LogP contribution is 2.30. The van der Waals surface area contributed by atoms with Crippen molar-refractivity contribution in [2.75, 3.05) is 5.73 Å². The zero-order chi connectivity index (χ0) is 24.0. The molecule has 5 rings (SSSR count). The molecule has 34 heavy (non-hydrogen) atoms. The normalized spacial score (nSPS) is 12.8. The number of benzene rings is 2. The number of imidazole rings is 1. The van der Waals surface area contributed by atoms with E-state index < -0.39 is 11.3 Å². The second-order valence-corrected chi connectivity index (χ2v) is 8.47. The van der Waals surface area contributed by atoms with Gasteiger partial charge in [0.1, 0.15) is 5.82 Å². The molecule has 3 heterocycles. The van der Waals surface area contributed by atoms with E-state index in [1.54, 1.807) is 46.8 Å². The van der Waals surface area contributed by atoms with E-state index in [2.05, 4.69) is 20.4 Å². The molecule has 10 heteroatoms. The zero-order valence-electron chi connectivity index (χ0n) is 18.3. The molecule has 9 nitrogen and oxygen atoms in total. The number of nitrogens with zero attached hydrogens (tertiary/aromatic N) is 6. The number of nitrogens with two attached hydrogens (primary N) is 1. The Kier molecular flexibility index (Phi) is 5.20. The smallest absolute Gasteiger partial charge is 0.285 e. The summed E-state index contributed by atoms with van der Waals surface area (Å²) in [6.07, 6.45) is 3.42. The Bertz CT molecular complexity index is 1730. The third-order valence-corrected chi connectivity index (χ3v) is 6.08. The maximum absolute atomic E-state index is 11.8. The van der Waals surface area contributed by atoms with Crippen LogP contribution in [0.1, 0.15) is 11.1 Å². The number of pyridine rings is 2. The number of fused-ring (bicyclic) bond motifs is 3. The highest BCUT2D eigenvalue weighted by molar-refractivity contribution is 7.77. The summed E-state index contributed by atoms with van der Waals surface area (Å²) in [6.45, 7) is 1.91. The average Bonchev–Trinajstić information content (AvgIpc) is 3.11. The Morgan fingerprint density at radius 1 is 1.09 bits per heavy atom. The maximum atomic E-state index is 11.8. The van der Waals surface area contributed by atoms with Crippen LogP contribution in [0.15, 0.2) is 65.3 Å². The van der Waals surface area contributed by atoms with Crippen molar-refractivity contribution in [2.24, 2.45) is 11.4 Å². The Balaban J connectivity index is 1.96. The van der Waals surface area contributed by atoms with Gasteiger partial charge >= 0.3 is 0 Å². The lowest BCUT2D eigenvalue weighted by atomic mass is 10.0. The van der Waals surface area contributed by atoms with Gasteiger partial charge in [-0.1, -0.05) is 12.1 Å². The first-order valence-corrected chi connectivity index (χ1v) is 11.3. The van der Waals surface area contributed by atoms with Crippen molar-refractivity contribution < 1.29 is 8.76 Å². The summed E-state index contributed by atoms with van der Waals surface area (Å²) >= 11 is -2.44. The van der Waals surface area contributed by atoms with Crippen molar-refractivity contribution in [2.45, 2.75) is 6.92 Å². The first-order valence-electron chi connectivity index (χ1n) is 10.3. The van der Waals surface area contributed by atoms with Crippen LogP contribution in [0.25, 0.3) is 38.8 Å². The average molecular weight is 470 g/mol. The Morgan fingerprint density at radius 3 is 2.59 bits per heavy atom. The van der Waals surface area contributed by atoms with Gasteiger partial charge in [-0.15, -0.1) is 4.40 Å². The van der Waals surface area contributed by atoms with Crippen molar-refractivity contribution in [3.8, 4) is 22.9 Å². The van der Waals surface area contributed by atoms with Crippen LogP contribution in [0.3, 0.4) is 0 Å². The number of hydrogen-bond acceptors (Lipinski definition) is 5. The largest absolute Gasteiger partial charge is 0.384 e. The van der Waals surface area contributed by atoms with Crippen LogP contribution in [0, 0.1) is 18.3 Å². The van der Waals surface area contributed by atoms with Crippen LogP contribution in [0.4, 0.5) is 5.82 Å². The van der Waals surface area contributed by atoms with E-state index in [4.69, 9.17) is 5.73 Å². The topological polar surface area (TPSA) is 135 Å². The Morgan fingerprint density at radius 2 is 1.88 bits per heavy atom. The van der Waals surface area contributed by atoms with Gasteiger partial charge < -0.3 is 10.3 Å². The number of aromatic nitrogens is 4.